The van der Waals surface area contributed by atoms with Crippen LogP contribution in [0.15, 0.2) is 127 Å². The number of hydrogen-bond acceptors (Lipinski definition) is 11. The van der Waals surface area contributed by atoms with Gasteiger partial charge in [-0.05, 0) is 116 Å². The third kappa shape index (κ3) is 18.8. The summed E-state index contributed by atoms with van der Waals surface area (Å²) in [6.45, 7) is 9.71. The summed E-state index contributed by atoms with van der Waals surface area (Å²) >= 11 is 0. The van der Waals surface area contributed by atoms with Gasteiger partial charge in [0.05, 0.1) is 13.0 Å². The van der Waals surface area contributed by atoms with E-state index in [9.17, 15) is 33.6 Å². The maximum absolute atomic E-state index is 14.0. The van der Waals surface area contributed by atoms with Crippen molar-refractivity contribution in [2.75, 3.05) is 25.0 Å². The zero-order valence-corrected chi connectivity index (χ0v) is 45.6. The normalized spacial score (nSPS) is 12.6. The quantitative estimate of drug-likeness (QED) is 0.0122. The lowest BCUT2D eigenvalue weighted by molar-refractivity contribution is -0.196. The Morgan fingerprint density at radius 2 is 1.22 bits per heavy atom. The van der Waals surface area contributed by atoms with Crippen LogP contribution in [-0.4, -0.2) is 90.0 Å². The van der Waals surface area contributed by atoms with Gasteiger partial charge < -0.3 is 25.4 Å². The lowest BCUT2D eigenvalue weighted by Gasteiger charge is -2.29. The monoisotopic (exact) mass is 1070 g/mol. The van der Waals surface area contributed by atoms with E-state index in [0.29, 0.717) is 49.1 Å². The summed E-state index contributed by atoms with van der Waals surface area (Å²) in [7, 11) is 0. The molecule has 0 radical (unpaired) electrons. The molecule has 414 valence electrons. The number of aryl methyl sites for hydroxylation is 1. The summed E-state index contributed by atoms with van der Waals surface area (Å²) in [4.78, 5) is 102. The molecule has 16 nitrogen and oxygen atoms in total. The lowest BCUT2D eigenvalue weighted by atomic mass is 9.98. The molecule has 0 spiro atoms. The maximum Gasteiger partial charge on any atom is 0.315 e. The van der Waals surface area contributed by atoms with Crippen molar-refractivity contribution in [3.05, 3.63) is 155 Å². The summed E-state index contributed by atoms with van der Waals surface area (Å²) in [6, 6.07) is 37.9. The summed E-state index contributed by atoms with van der Waals surface area (Å²) < 4.78 is 11.1. The average Bonchev–Trinajstić information content (AvgIpc) is 3.74. The van der Waals surface area contributed by atoms with Crippen LogP contribution in [0.5, 0.6) is 5.75 Å². The number of carbonyl (C=O) groups is 7. The molecule has 6 rings (SSSR count). The first-order chi connectivity index (χ1) is 37.6. The van der Waals surface area contributed by atoms with Gasteiger partial charge in [0.15, 0.2) is 0 Å². The SMILES string of the molecule is CC(C)C[C@@H](C(=O)Nc1ccccc1CC(=O)Oc1ccc(CCCCCCCC(=O)NCCNC(=O)[C@H](CCC(=O)OC(C)(C)C)N(C=O)OCc2ccccc2)cc1)N(C=O)OCC1c2ccccc2-c2ccccc21. The number of hydroxylamine groups is 4. The highest BCUT2D eigenvalue weighted by atomic mass is 16.7. The molecule has 0 saturated carbocycles. The fourth-order valence-corrected chi connectivity index (χ4v) is 9.30. The van der Waals surface area contributed by atoms with Crippen molar-refractivity contribution in [3.63, 3.8) is 0 Å². The summed E-state index contributed by atoms with van der Waals surface area (Å²) in [6.07, 6.45) is 6.76. The highest BCUT2D eigenvalue weighted by Gasteiger charge is 2.33. The van der Waals surface area contributed by atoms with Gasteiger partial charge in [0.2, 0.25) is 30.5 Å². The predicted octanol–water partition coefficient (Wildman–Crippen LogP) is 9.59. The highest BCUT2D eigenvalue weighted by molar-refractivity contribution is 5.97. The van der Waals surface area contributed by atoms with Gasteiger partial charge in [-0.2, -0.15) is 0 Å². The Balaban J connectivity index is 0.872. The third-order valence-corrected chi connectivity index (χ3v) is 13.1. The Morgan fingerprint density at radius 3 is 1.88 bits per heavy atom. The molecule has 0 heterocycles. The number of carbonyl (C=O) groups excluding carboxylic acids is 7. The smallest absolute Gasteiger partial charge is 0.315 e. The number of fused-ring (bicyclic) bond motifs is 3. The van der Waals surface area contributed by atoms with Gasteiger partial charge in [0.1, 0.15) is 30.0 Å². The van der Waals surface area contributed by atoms with E-state index >= 15 is 0 Å². The van der Waals surface area contributed by atoms with Crippen LogP contribution >= 0.6 is 0 Å². The molecule has 0 aromatic heterocycles. The first-order valence-corrected chi connectivity index (χ1v) is 27.0. The second kappa shape index (κ2) is 30.3. The first-order valence-electron chi connectivity index (χ1n) is 27.0. The standard InChI is InChI=1S/C62H75N5O11/c1-44(2)38-56(67(43-69)76-41-53-51-26-17-15-24-49(51)50-25-16-18-27-52(50)53)61(74)65-54-28-19-14-23-47(54)39-59(72)77-48-32-30-45(31-33-48)20-10-7-6-8-13-29-57(70)63-36-37-64-60(73)55(34-35-58(71)78-62(3,4)5)66(42-68)75-40-46-21-11-9-12-22-46/h9,11-12,14-19,21-28,30-33,42-44,53,55-56H,6-8,10,13,20,29,34-41H2,1-5H3,(H,63,70)(H,64,73)(H,65,74)/t55-,56-/m0/s1. The summed E-state index contributed by atoms with van der Waals surface area (Å²) in [5.41, 5.74) is 6.66. The maximum atomic E-state index is 14.0. The fourth-order valence-electron chi connectivity index (χ4n) is 9.30. The number of ether oxygens (including phenoxy) is 2. The minimum Gasteiger partial charge on any atom is -0.460 e. The van der Waals surface area contributed by atoms with E-state index < -0.39 is 41.4 Å². The van der Waals surface area contributed by atoms with Crippen LogP contribution in [0.3, 0.4) is 0 Å². The average molecular weight is 1070 g/mol. The summed E-state index contributed by atoms with van der Waals surface area (Å²) in [5, 5.41) is 10.6. The van der Waals surface area contributed by atoms with Gasteiger partial charge >= 0.3 is 11.9 Å². The number of nitrogens with one attached hydrogen (secondary N) is 3. The number of anilines is 1. The number of hydrogen-bond donors (Lipinski definition) is 3. The first kappa shape index (κ1) is 59.6. The molecule has 0 fully saturated rings. The molecule has 1 aliphatic carbocycles. The van der Waals surface area contributed by atoms with Crippen LogP contribution in [0.4, 0.5) is 5.69 Å². The molecule has 3 N–H and O–H groups in total. The van der Waals surface area contributed by atoms with Crippen molar-refractivity contribution in [1.29, 1.82) is 0 Å². The Kier molecular flexibility index (Phi) is 23.1. The second-order valence-corrected chi connectivity index (χ2v) is 20.8. The molecule has 16 heteroatoms. The Hall–Kier alpha value is -7.69. The molecule has 1 aliphatic rings. The van der Waals surface area contributed by atoms with Crippen LogP contribution in [0.1, 0.15) is 126 Å². The van der Waals surface area contributed by atoms with E-state index in [2.05, 4.69) is 40.2 Å². The molecule has 2 atom stereocenters. The van der Waals surface area contributed by atoms with Crippen molar-refractivity contribution < 1.29 is 52.7 Å². The van der Waals surface area contributed by atoms with Crippen molar-refractivity contribution in [2.24, 2.45) is 5.92 Å². The van der Waals surface area contributed by atoms with E-state index in [1.54, 1.807) is 57.2 Å². The number of benzene rings is 5. The third-order valence-electron chi connectivity index (χ3n) is 13.1. The minimum absolute atomic E-state index is 0.0235. The summed E-state index contributed by atoms with van der Waals surface area (Å²) in [5.74, 6) is -1.74. The molecular weight excluding hydrogens is 991 g/mol. The van der Waals surface area contributed by atoms with E-state index in [-0.39, 0.29) is 63.3 Å². The van der Waals surface area contributed by atoms with Crippen molar-refractivity contribution in [3.8, 4) is 16.9 Å². The number of amides is 5. The largest absolute Gasteiger partial charge is 0.460 e. The number of rotatable bonds is 32. The molecule has 0 bridgehead atoms. The van der Waals surface area contributed by atoms with E-state index in [0.717, 1.165) is 75.6 Å². The Morgan fingerprint density at radius 1 is 0.615 bits per heavy atom. The van der Waals surface area contributed by atoms with Crippen LogP contribution < -0.4 is 20.7 Å². The number of nitrogens with zero attached hydrogens (tertiary/aromatic N) is 2. The van der Waals surface area contributed by atoms with E-state index in [4.69, 9.17) is 19.1 Å². The van der Waals surface area contributed by atoms with Crippen LogP contribution in [0.2, 0.25) is 0 Å². The van der Waals surface area contributed by atoms with E-state index in [1.807, 2.05) is 80.6 Å². The topological polar surface area (TPSA) is 199 Å². The Bertz CT molecular complexity index is 2720. The molecule has 5 aromatic carbocycles. The molecule has 5 amide bonds. The second-order valence-electron chi connectivity index (χ2n) is 20.8. The zero-order chi connectivity index (χ0) is 55.9. The van der Waals surface area contributed by atoms with Crippen LogP contribution in [0.25, 0.3) is 11.1 Å². The van der Waals surface area contributed by atoms with Gasteiger partial charge in [0, 0.05) is 37.5 Å². The van der Waals surface area contributed by atoms with E-state index in [1.165, 1.54) is 0 Å². The molecule has 0 saturated heterocycles. The van der Waals surface area contributed by atoms with Gasteiger partial charge in [-0.1, -0.05) is 142 Å². The van der Waals surface area contributed by atoms with Crippen molar-refractivity contribution >= 4 is 48.2 Å². The lowest BCUT2D eigenvalue weighted by Crippen LogP contribution is -2.48. The number of para-hydroxylation sites is 1. The van der Waals surface area contributed by atoms with Crippen molar-refractivity contribution in [1.82, 2.24) is 20.8 Å². The molecule has 0 aliphatic heterocycles. The minimum atomic E-state index is -1.10. The molecule has 5 aromatic rings. The zero-order valence-electron chi connectivity index (χ0n) is 45.6. The van der Waals surface area contributed by atoms with Crippen LogP contribution in [0, 0.1) is 5.92 Å². The van der Waals surface area contributed by atoms with Gasteiger partial charge in [-0.25, -0.2) is 10.1 Å². The van der Waals surface area contributed by atoms with Crippen LogP contribution in [-0.2, 0) is 67.4 Å². The number of unbranched alkanes of at least 4 members (excludes halogenated alkanes) is 4. The molecular formula is C62H75N5O11. The number of esters is 2. The fraction of sp³-hybridized carbons (Fsp3) is 0.403. The van der Waals surface area contributed by atoms with Crippen molar-refractivity contribution in [2.45, 2.75) is 135 Å². The predicted molar refractivity (Wildman–Crippen MR) is 297 cm³/mol. The molecule has 78 heavy (non-hydrogen) atoms. The van der Waals surface area contributed by atoms with Gasteiger partial charge in [-0.3, -0.25) is 43.2 Å². The Labute approximate surface area is 458 Å². The molecule has 0 unspecified atom stereocenters. The highest BCUT2D eigenvalue weighted by Crippen LogP contribution is 2.44. The van der Waals surface area contributed by atoms with Gasteiger partial charge in [-0.15, -0.1) is 0 Å². The van der Waals surface area contributed by atoms with Gasteiger partial charge in [0.25, 0.3) is 0 Å².